The molecule has 0 rings (SSSR count). The summed E-state index contributed by atoms with van der Waals surface area (Å²) in [6.45, 7) is 6.31. The third-order valence-electron chi connectivity index (χ3n) is 10.5. The minimum Gasteiger partial charge on any atom is -0.462 e. The van der Waals surface area contributed by atoms with Gasteiger partial charge in [0.15, 0.2) is 6.10 Å². The van der Waals surface area contributed by atoms with E-state index in [1.807, 2.05) is 0 Å². The van der Waals surface area contributed by atoms with E-state index in [0.717, 1.165) is 148 Å². The van der Waals surface area contributed by atoms with Crippen molar-refractivity contribution in [3.05, 3.63) is 109 Å². The molecule has 0 aromatic carbocycles. The van der Waals surface area contributed by atoms with Gasteiger partial charge < -0.3 is 14.2 Å². The molecular weight excluding hydrogens is 793 g/mol. The lowest BCUT2D eigenvalue weighted by molar-refractivity contribution is -0.167. The molecule has 0 heterocycles. The normalized spacial score (nSPS) is 13.0. The SMILES string of the molecule is CC/C=C\C/C=C\C/C=C\C/C=C\C/C=C\CCCCCCCC(=O)OCC(COC(=O)CCCCCCCC)OC(=O)CCCCCCCC/C=C\C/C=C\C/C=C\C/C=C\CC. The Labute approximate surface area is 393 Å². The third-order valence-corrected chi connectivity index (χ3v) is 10.5. The first-order chi connectivity index (χ1) is 31.5. The van der Waals surface area contributed by atoms with Gasteiger partial charge >= 0.3 is 17.9 Å². The van der Waals surface area contributed by atoms with Crippen LogP contribution in [0, 0.1) is 0 Å². The Balaban J connectivity index is 4.30. The fraction of sp³-hybridized carbons (Fsp3) is 0.638. The van der Waals surface area contributed by atoms with Crippen LogP contribution in [0.15, 0.2) is 109 Å². The van der Waals surface area contributed by atoms with Crippen molar-refractivity contribution < 1.29 is 28.6 Å². The first-order valence-corrected chi connectivity index (χ1v) is 25.9. The van der Waals surface area contributed by atoms with Crippen molar-refractivity contribution in [2.45, 2.75) is 226 Å². The number of rotatable bonds is 45. The maximum atomic E-state index is 12.8. The van der Waals surface area contributed by atoms with Crippen LogP contribution < -0.4 is 0 Å². The molecule has 0 aromatic rings. The van der Waals surface area contributed by atoms with Gasteiger partial charge in [0, 0.05) is 19.3 Å². The van der Waals surface area contributed by atoms with Crippen molar-refractivity contribution in [3.63, 3.8) is 0 Å². The molecule has 0 fully saturated rings. The Kier molecular flexibility index (Phi) is 48.5. The van der Waals surface area contributed by atoms with Crippen molar-refractivity contribution in [3.8, 4) is 0 Å². The summed E-state index contributed by atoms with van der Waals surface area (Å²) in [4.78, 5) is 37.8. The quantitative estimate of drug-likeness (QED) is 0.0262. The molecule has 0 bridgehead atoms. The highest BCUT2D eigenvalue weighted by Gasteiger charge is 2.19. The molecule has 1 atom stereocenters. The first kappa shape index (κ1) is 60.1. The van der Waals surface area contributed by atoms with Gasteiger partial charge in [-0.05, 0) is 103 Å². The van der Waals surface area contributed by atoms with E-state index in [-0.39, 0.29) is 31.1 Å². The maximum Gasteiger partial charge on any atom is 0.306 e. The second-order valence-corrected chi connectivity index (χ2v) is 16.7. The van der Waals surface area contributed by atoms with E-state index in [1.54, 1.807) is 0 Å². The summed E-state index contributed by atoms with van der Waals surface area (Å²) in [6.07, 6.45) is 69.5. The zero-order valence-electron chi connectivity index (χ0n) is 41.3. The van der Waals surface area contributed by atoms with Crippen LogP contribution in [0.3, 0.4) is 0 Å². The van der Waals surface area contributed by atoms with Crippen LogP contribution >= 0.6 is 0 Å². The van der Waals surface area contributed by atoms with Gasteiger partial charge in [-0.1, -0.05) is 207 Å². The molecule has 0 aliphatic carbocycles. The van der Waals surface area contributed by atoms with E-state index in [4.69, 9.17) is 14.2 Å². The Morgan fingerprint density at radius 3 is 0.953 bits per heavy atom. The summed E-state index contributed by atoms with van der Waals surface area (Å²) in [6, 6.07) is 0. The molecule has 0 amide bonds. The molecule has 0 saturated heterocycles. The Morgan fingerprint density at radius 2 is 0.609 bits per heavy atom. The van der Waals surface area contributed by atoms with Crippen molar-refractivity contribution >= 4 is 17.9 Å². The van der Waals surface area contributed by atoms with Gasteiger partial charge in [0.25, 0.3) is 0 Å². The van der Waals surface area contributed by atoms with Crippen molar-refractivity contribution in [1.82, 2.24) is 0 Å². The number of unbranched alkanes of at least 4 members (excludes halogenated alkanes) is 16. The van der Waals surface area contributed by atoms with Crippen molar-refractivity contribution in [2.75, 3.05) is 13.2 Å². The second-order valence-electron chi connectivity index (χ2n) is 16.7. The number of ether oxygens (including phenoxy) is 3. The van der Waals surface area contributed by atoms with Gasteiger partial charge in [0.1, 0.15) is 13.2 Å². The van der Waals surface area contributed by atoms with Crippen molar-refractivity contribution in [1.29, 1.82) is 0 Å². The highest BCUT2D eigenvalue weighted by molar-refractivity contribution is 5.71. The lowest BCUT2D eigenvalue weighted by Crippen LogP contribution is -2.30. The Hall–Kier alpha value is -3.93. The van der Waals surface area contributed by atoms with Gasteiger partial charge in [0.2, 0.25) is 0 Å². The molecule has 0 aliphatic heterocycles. The van der Waals surface area contributed by atoms with Crippen LogP contribution in [-0.4, -0.2) is 37.2 Å². The van der Waals surface area contributed by atoms with Gasteiger partial charge in [-0.3, -0.25) is 14.4 Å². The smallest absolute Gasteiger partial charge is 0.306 e. The number of carbonyl (C=O) groups is 3. The molecule has 6 nitrogen and oxygen atoms in total. The molecule has 362 valence electrons. The van der Waals surface area contributed by atoms with Crippen LogP contribution in [-0.2, 0) is 28.6 Å². The molecule has 0 N–H and O–H groups in total. The molecule has 0 aromatic heterocycles. The summed E-state index contributed by atoms with van der Waals surface area (Å²) < 4.78 is 16.7. The van der Waals surface area contributed by atoms with E-state index < -0.39 is 6.10 Å². The molecule has 0 spiro atoms. The second kappa shape index (κ2) is 51.7. The lowest BCUT2D eigenvalue weighted by atomic mass is 10.1. The molecule has 0 saturated carbocycles. The Bertz CT molecular complexity index is 1340. The van der Waals surface area contributed by atoms with E-state index in [9.17, 15) is 14.4 Å². The summed E-state index contributed by atoms with van der Waals surface area (Å²) in [5.41, 5.74) is 0. The predicted octanol–water partition coefficient (Wildman–Crippen LogP) is 17.1. The molecule has 6 heteroatoms. The van der Waals surface area contributed by atoms with Gasteiger partial charge in [-0.25, -0.2) is 0 Å². The van der Waals surface area contributed by atoms with E-state index in [0.29, 0.717) is 19.3 Å². The zero-order valence-corrected chi connectivity index (χ0v) is 41.3. The van der Waals surface area contributed by atoms with E-state index in [2.05, 4.69) is 130 Å². The lowest BCUT2D eigenvalue weighted by Gasteiger charge is -2.18. The monoisotopic (exact) mass is 887 g/mol. The summed E-state index contributed by atoms with van der Waals surface area (Å²) in [7, 11) is 0. The van der Waals surface area contributed by atoms with Crippen molar-refractivity contribution in [2.24, 2.45) is 0 Å². The zero-order chi connectivity index (χ0) is 46.5. The average molecular weight is 887 g/mol. The highest BCUT2D eigenvalue weighted by atomic mass is 16.6. The molecule has 0 aliphatic rings. The topological polar surface area (TPSA) is 78.9 Å². The summed E-state index contributed by atoms with van der Waals surface area (Å²) in [5, 5.41) is 0. The third kappa shape index (κ3) is 49.1. The molecule has 64 heavy (non-hydrogen) atoms. The largest absolute Gasteiger partial charge is 0.462 e. The highest BCUT2D eigenvalue weighted by Crippen LogP contribution is 2.13. The number of allylic oxidation sites excluding steroid dienone is 18. The molecule has 0 radical (unpaired) electrons. The van der Waals surface area contributed by atoms with Crippen LogP contribution in [0.25, 0.3) is 0 Å². The summed E-state index contributed by atoms with van der Waals surface area (Å²) in [5.74, 6) is -0.941. The maximum absolute atomic E-state index is 12.8. The van der Waals surface area contributed by atoms with E-state index >= 15 is 0 Å². The van der Waals surface area contributed by atoms with Gasteiger partial charge in [-0.2, -0.15) is 0 Å². The number of hydrogen-bond donors (Lipinski definition) is 0. The standard InChI is InChI=1S/C58H94O6/c1-4-7-10-13-16-18-20-22-24-26-28-29-31-32-34-36-38-40-42-45-48-51-57(60)63-54-55(53-62-56(59)50-47-44-15-12-9-6-3)64-58(61)52-49-46-43-41-39-37-35-33-30-27-25-23-21-19-17-14-11-8-5-2/h7-8,10-11,16-19,22-25,28-30,32-34,55H,4-6,9,12-15,20-21,26-27,31,35-54H2,1-3H3/b10-7-,11-8-,18-16-,19-17-,24-22-,25-23-,29-28-,33-30-,34-32-. The predicted molar refractivity (Wildman–Crippen MR) is 274 cm³/mol. The fourth-order valence-electron chi connectivity index (χ4n) is 6.69. The number of hydrogen-bond acceptors (Lipinski definition) is 6. The fourth-order valence-corrected chi connectivity index (χ4v) is 6.69. The molecule has 1 unspecified atom stereocenters. The van der Waals surface area contributed by atoms with Gasteiger partial charge in [-0.15, -0.1) is 0 Å². The minimum atomic E-state index is -0.792. The molecular formula is C58H94O6. The average Bonchev–Trinajstić information content (AvgIpc) is 3.29. The first-order valence-electron chi connectivity index (χ1n) is 25.9. The van der Waals surface area contributed by atoms with Crippen LogP contribution in [0.5, 0.6) is 0 Å². The summed E-state index contributed by atoms with van der Waals surface area (Å²) >= 11 is 0. The number of esters is 3. The van der Waals surface area contributed by atoms with Crippen LogP contribution in [0.1, 0.15) is 220 Å². The number of carbonyl (C=O) groups excluding carboxylic acids is 3. The minimum absolute atomic E-state index is 0.0924. The van der Waals surface area contributed by atoms with Crippen LogP contribution in [0.2, 0.25) is 0 Å². The van der Waals surface area contributed by atoms with Crippen LogP contribution in [0.4, 0.5) is 0 Å². The van der Waals surface area contributed by atoms with Gasteiger partial charge in [0.05, 0.1) is 0 Å². The van der Waals surface area contributed by atoms with E-state index in [1.165, 1.54) is 32.1 Å². The Morgan fingerprint density at radius 1 is 0.328 bits per heavy atom.